The van der Waals surface area contributed by atoms with E-state index in [2.05, 4.69) is 0 Å². The molecule has 0 fully saturated rings. The van der Waals surface area contributed by atoms with Crippen molar-refractivity contribution in [3.63, 3.8) is 0 Å². The number of para-hydroxylation sites is 1. The minimum absolute atomic E-state index is 0.159. The summed E-state index contributed by atoms with van der Waals surface area (Å²) in [7, 11) is 0. The first-order valence-electron chi connectivity index (χ1n) is 3.50. The van der Waals surface area contributed by atoms with E-state index in [4.69, 9.17) is 10.8 Å². The largest absolute Gasteiger partial charge is 0.506 e. The fraction of sp³-hybridized carbons (Fsp3) is 0.250. The maximum Gasteiger partial charge on any atom is 0.133 e. The molecular formula is C8H10INO2. The monoisotopic (exact) mass is 279 g/mol. The number of phenolic OH excluding ortho intramolecular Hbond substituents is 1. The molecule has 3 nitrogen and oxygen atoms in total. The Morgan fingerprint density at radius 3 is 2.75 bits per heavy atom. The van der Waals surface area contributed by atoms with Crippen LogP contribution in [0.25, 0.3) is 0 Å². The average molecular weight is 279 g/mol. The summed E-state index contributed by atoms with van der Waals surface area (Å²) in [6.45, 7) is -0.159. The van der Waals surface area contributed by atoms with Gasteiger partial charge in [-0.3, -0.25) is 0 Å². The van der Waals surface area contributed by atoms with Crippen LogP contribution in [0.1, 0.15) is 11.6 Å². The van der Waals surface area contributed by atoms with Crippen molar-refractivity contribution in [3.05, 3.63) is 27.3 Å². The summed E-state index contributed by atoms with van der Waals surface area (Å²) >= 11 is 2.01. The Balaban J connectivity index is 3.07. The van der Waals surface area contributed by atoms with Crippen molar-refractivity contribution in [2.75, 3.05) is 6.61 Å². The molecule has 1 atom stereocenters. The summed E-state index contributed by atoms with van der Waals surface area (Å²) in [5, 5.41) is 18.3. The molecule has 12 heavy (non-hydrogen) atoms. The third-order valence-electron chi connectivity index (χ3n) is 1.61. The Bertz CT molecular complexity index is 278. The number of rotatable bonds is 2. The van der Waals surface area contributed by atoms with Gasteiger partial charge in [0.25, 0.3) is 0 Å². The van der Waals surface area contributed by atoms with Crippen molar-refractivity contribution in [2.45, 2.75) is 6.04 Å². The quantitative estimate of drug-likeness (QED) is 0.707. The lowest BCUT2D eigenvalue weighted by Gasteiger charge is -2.10. The first kappa shape index (κ1) is 9.76. The summed E-state index contributed by atoms with van der Waals surface area (Å²) < 4.78 is 0.744. The summed E-state index contributed by atoms with van der Waals surface area (Å²) in [6, 6.07) is 4.79. The van der Waals surface area contributed by atoms with Crippen LogP contribution in [0.3, 0.4) is 0 Å². The van der Waals surface area contributed by atoms with Crippen molar-refractivity contribution in [3.8, 4) is 5.75 Å². The van der Waals surface area contributed by atoms with Crippen molar-refractivity contribution < 1.29 is 10.2 Å². The number of hydrogen-bond acceptors (Lipinski definition) is 3. The number of aromatic hydroxyl groups is 1. The van der Waals surface area contributed by atoms with Gasteiger partial charge >= 0.3 is 0 Å². The van der Waals surface area contributed by atoms with Gasteiger partial charge in [0.05, 0.1) is 16.2 Å². The molecular weight excluding hydrogens is 269 g/mol. The molecule has 0 spiro atoms. The molecule has 0 aliphatic rings. The Labute approximate surface area is 84.4 Å². The number of aliphatic hydroxyl groups is 1. The Morgan fingerprint density at radius 2 is 2.17 bits per heavy atom. The summed E-state index contributed by atoms with van der Waals surface area (Å²) in [4.78, 5) is 0. The Hall–Kier alpha value is -0.330. The van der Waals surface area contributed by atoms with E-state index in [1.165, 1.54) is 0 Å². The summed E-state index contributed by atoms with van der Waals surface area (Å²) in [6.07, 6.45) is 0. The molecule has 0 saturated carbocycles. The molecule has 1 aromatic rings. The highest BCUT2D eigenvalue weighted by molar-refractivity contribution is 14.1. The lowest BCUT2D eigenvalue weighted by Crippen LogP contribution is -2.14. The molecule has 0 radical (unpaired) electrons. The van der Waals surface area contributed by atoms with E-state index in [1.807, 2.05) is 22.6 Å². The van der Waals surface area contributed by atoms with Crippen LogP contribution in [0.2, 0.25) is 0 Å². The van der Waals surface area contributed by atoms with E-state index in [9.17, 15) is 5.11 Å². The molecule has 0 amide bonds. The van der Waals surface area contributed by atoms with Gasteiger partial charge in [0, 0.05) is 5.56 Å². The fourth-order valence-electron chi connectivity index (χ4n) is 0.930. The van der Waals surface area contributed by atoms with Crippen LogP contribution in [0.4, 0.5) is 0 Å². The standard InChI is InChI=1S/C8H10INO2/c9-6-3-1-2-5(8(6)12)7(10)4-11/h1-3,7,11-12H,4,10H2/t7-/m1/s1. The first-order valence-corrected chi connectivity index (χ1v) is 4.58. The van der Waals surface area contributed by atoms with Crippen LogP contribution in [-0.4, -0.2) is 16.8 Å². The van der Waals surface area contributed by atoms with E-state index in [0.717, 1.165) is 3.57 Å². The highest BCUT2D eigenvalue weighted by Crippen LogP contribution is 2.27. The van der Waals surface area contributed by atoms with Gasteiger partial charge in [-0.25, -0.2) is 0 Å². The molecule has 1 rings (SSSR count). The van der Waals surface area contributed by atoms with Crippen LogP contribution in [0.5, 0.6) is 5.75 Å². The lowest BCUT2D eigenvalue weighted by atomic mass is 10.1. The first-order chi connectivity index (χ1) is 5.66. The maximum absolute atomic E-state index is 9.50. The Kier molecular flexibility index (Phi) is 3.30. The molecule has 0 unspecified atom stereocenters. The normalized spacial score (nSPS) is 12.9. The van der Waals surface area contributed by atoms with Crippen LogP contribution in [-0.2, 0) is 0 Å². The molecule has 4 N–H and O–H groups in total. The predicted molar refractivity (Wildman–Crippen MR) is 54.8 cm³/mol. The number of benzene rings is 1. The van der Waals surface area contributed by atoms with Gasteiger partial charge in [0.1, 0.15) is 5.75 Å². The van der Waals surface area contributed by atoms with Gasteiger partial charge < -0.3 is 15.9 Å². The number of hydrogen-bond donors (Lipinski definition) is 3. The third kappa shape index (κ3) is 1.88. The van der Waals surface area contributed by atoms with Gasteiger partial charge in [0.2, 0.25) is 0 Å². The molecule has 0 bridgehead atoms. The smallest absolute Gasteiger partial charge is 0.133 e. The van der Waals surface area contributed by atoms with Gasteiger partial charge in [0.15, 0.2) is 0 Å². The second-order valence-electron chi connectivity index (χ2n) is 2.47. The maximum atomic E-state index is 9.50. The number of phenols is 1. The van der Waals surface area contributed by atoms with E-state index >= 15 is 0 Å². The zero-order valence-corrected chi connectivity index (χ0v) is 8.52. The summed E-state index contributed by atoms with van der Waals surface area (Å²) in [5.41, 5.74) is 6.14. The number of nitrogens with two attached hydrogens (primary N) is 1. The molecule has 4 heteroatoms. The Morgan fingerprint density at radius 1 is 1.50 bits per heavy atom. The SMILES string of the molecule is N[C@H](CO)c1cccc(I)c1O. The van der Waals surface area contributed by atoms with E-state index < -0.39 is 6.04 Å². The van der Waals surface area contributed by atoms with Crippen molar-refractivity contribution in [1.29, 1.82) is 0 Å². The van der Waals surface area contributed by atoms with Crippen LogP contribution >= 0.6 is 22.6 Å². The lowest BCUT2D eigenvalue weighted by molar-refractivity contribution is 0.265. The molecule has 0 heterocycles. The topological polar surface area (TPSA) is 66.5 Å². The highest BCUT2D eigenvalue weighted by atomic mass is 127. The summed E-state index contributed by atoms with van der Waals surface area (Å²) in [5.74, 6) is 0.166. The van der Waals surface area contributed by atoms with Crippen molar-refractivity contribution >= 4 is 22.6 Å². The van der Waals surface area contributed by atoms with Crippen LogP contribution < -0.4 is 5.73 Å². The zero-order valence-electron chi connectivity index (χ0n) is 6.37. The zero-order chi connectivity index (χ0) is 9.14. The minimum atomic E-state index is -0.500. The second kappa shape index (κ2) is 4.06. The van der Waals surface area contributed by atoms with E-state index in [-0.39, 0.29) is 12.4 Å². The molecule has 66 valence electrons. The second-order valence-corrected chi connectivity index (χ2v) is 3.63. The van der Waals surface area contributed by atoms with E-state index in [0.29, 0.717) is 5.56 Å². The third-order valence-corrected chi connectivity index (χ3v) is 2.48. The van der Waals surface area contributed by atoms with Crippen LogP contribution in [0, 0.1) is 3.57 Å². The van der Waals surface area contributed by atoms with Gasteiger partial charge in [-0.1, -0.05) is 12.1 Å². The fourth-order valence-corrected chi connectivity index (χ4v) is 1.45. The van der Waals surface area contributed by atoms with Gasteiger partial charge in [-0.05, 0) is 28.7 Å². The van der Waals surface area contributed by atoms with Gasteiger partial charge in [-0.15, -0.1) is 0 Å². The number of aliphatic hydroxyl groups excluding tert-OH is 1. The van der Waals surface area contributed by atoms with Crippen LogP contribution in [0.15, 0.2) is 18.2 Å². The highest BCUT2D eigenvalue weighted by Gasteiger charge is 2.10. The number of halogens is 1. The average Bonchev–Trinajstić information content (AvgIpc) is 2.08. The van der Waals surface area contributed by atoms with Crippen molar-refractivity contribution in [2.24, 2.45) is 5.73 Å². The molecule has 0 aliphatic carbocycles. The van der Waals surface area contributed by atoms with E-state index in [1.54, 1.807) is 18.2 Å². The van der Waals surface area contributed by atoms with Gasteiger partial charge in [-0.2, -0.15) is 0 Å². The molecule has 0 saturated heterocycles. The minimum Gasteiger partial charge on any atom is -0.506 e. The van der Waals surface area contributed by atoms with Crippen molar-refractivity contribution in [1.82, 2.24) is 0 Å². The predicted octanol–water partition coefficient (Wildman–Crippen LogP) is 0.989. The molecule has 0 aliphatic heterocycles. The molecule has 0 aromatic heterocycles. The molecule has 1 aromatic carbocycles.